The molecule has 0 saturated carbocycles. The van der Waals surface area contributed by atoms with Crippen LogP contribution in [0, 0.1) is 11.3 Å². The molecule has 1 aliphatic heterocycles. The van der Waals surface area contributed by atoms with E-state index in [1.165, 1.54) is 0 Å². The highest BCUT2D eigenvalue weighted by Crippen LogP contribution is 2.14. The van der Waals surface area contributed by atoms with Crippen molar-refractivity contribution in [2.24, 2.45) is 0 Å². The fourth-order valence-electron chi connectivity index (χ4n) is 2.49. The van der Waals surface area contributed by atoms with Gasteiger partial charge in [-0.2, -0.15) is 5.26 Å². The van der Waals surface area contributed by atoms with Gasteiger partial charge in [-0.1, -0.05) is 0 Å². The molecule has 0 spiro atoms. The molecule has 1 aromatic carbocycles. The normalized spacial score (nSPS) is 15.9. The van der Waals surface area contributed by atoms with Crippen molar-refractivity contribution in [1.82, 2.24) is 19.8 Å². The van der Waals surface area contributed by atoms with Crippen molar-refractivity contribution in [2.75, 3.05) is 32.7 Å². The molecule has 21 heavy (non-hydrogen) atoms. The van der Waals surface area contributed by atoms with Crippen molar-refractivity contribution < 1.29 is 4.79 Å². The molecule has 1 aromatic heterocycles. The Balaban J connectivity index is 1.74. The summed E-state index contributed by atoms with van der Waals surface area (Å²) >= 11 is 0. The van der Waals surface area contributed by atoms with Gasteiger partial charge in [-0.05, 0) is 18.2 Å². The van der Waals surface area contributed by atoms with E-state index in [-0.39, 0.29) is 5.91 Å². The number of piperazine rings is 1. The second kappa shape index (κ2) is 5.85. The Kier molecular flexibility index (Phi) is 3.75. The lowest BCUT2D eigenvalue weighted by molar-refractivity contribution is 0.0652. The summed E-state index contributed by atoms with van der Waals surface area (Å²) in [4.78, 5) is 24.8. The first-order valence-electron chi connectivity index (χ1n) is 6.87. The van der Waals surface area contributed by atoms with Crippen LogP contribution >= 0.6 is 0 Å². The lowest BCUT2D eigenvalue weighted by Gasteiger charge is -2.33. The van der Waals surface area contributed by atoms with Gasteiger partial charge in [-0.15, -0.1) is 0 Å². The number of carbonyl (C=O) groups excluding carboxylic acids is 1. The standard InChI is InChI=1S/C15H15N5O/c16-3-6-19-7-9-20(10-8-19)15(21)12-1-2-13-14(11-12)18-5-4-17-13/h1-2,4-5,11H,6-10H2. The molecule has 3 rings (SSSR count). The highest BCUT2D eigenvalue weighted by Gasteiger charge is 2.22. The van der Waals surface area contributed by atoms with E-state index in [4.69, 9.17) is 5.26 Å². The molecule has 0 aliphatic carbocycles. The molecule has 6 heteroatoms. The van der Waals surface area contributed by atoms with Gasteiger partial charge in [0.25, 0.3) is 5.91 Å². The molecule has 1 fully saturated rings. The maximum absolute atomic E-state index is 12.5. The Labute approximate surface area is 122 Å². The first-order chi connectivity index (χ1) is 10.3. The largest absolute Gasteiger partial charge is 0.336 e. The molecule has 1 aliphatic rings. The van der Waals surface area contributed by atoms with Crippen LogP contribution in [0.1, 0.15) is 10.4 Å². The molecule has 0 N–H and O–H groups in total. The number of fused-ring (bicyclic) bond motifs is 1. The van der Waals surface area contributed by atoms with E-state index in [0.717, 1.165) is 24.1 Å². The Morgan fingerprint density at radius 1 is 1.14 bits per heavy atom. The summed E-state index contributed by atoms with van der Waals surface area (Å²) in [6, 6.07) is 7.54. The van der Waals surface area contributed by atoms with E-state index in [1.807, 2.05) is 11.0 Å². The van der Waals surface area contributed by atoms with E-state index in [9.17, 15) is 4.79 Å². The Morgan fingerprint density at radius 3 is 2.57 bits per heavy atom. The van der Waals surface area contributed by atoms with Gasteiger partial charge in [0.15, 0.2) is 0 Å². The Bertz CT molecular complexity index is 701. The quantitative estimate of drug-likeness (QED) is 0.765. The van der Waals surface area contributed by atoms with Crippen LogP contribution in [0.25, 0.3) is 11.0 Å². The van der Waals surface area contributed by atoms with E-state index in [2.05, 4.69) is 20.9 Å². The minimum absolute atomic E-state index is 0.0131. The minimum Gasteiger partial charge on any atom is -0.336 e. The number of amides is 1. The zero-order valence-electron chi connectivity index (χ0n) is 11.6. The fourth-order valence-corrected chi connectivity index (χ4v) is 2.49. The first kappa shape index (κ1) is 13.5. The zero-order chi connectivity index (χ0) is 14.7. The van der Waals surface area contributed by atoms with Gasteiger partial charge in [0.2, 0.25) is 0 Å². The Morgan fingerprint density at radius 2 is 1.86 bits per heavy atom. The smallest absolute Gasteiger partial charge is 0.254 e. The third kappa shape index (κ3) is 2.83. The van der Waals surface area contributed by atoms with Gasteiger partial charge >= 0.3 is 0 Å². The predicted octanol–water partition coefficient (Wildman–Crippen LogP) is 0.911. The number of hydrogen-bond donors (Lipinski definition) is 0. The van der Waals surface area contributed by atoms with Crippen molar-refractivity contribution in [3.05, 3.63) is 36.2 Å². The third-order valence-corrected chi connectivity index (χ3v) is 3.67. The highest BCUT2D eigenvalue weighted by atomic mass is 16.2. The number of hydrogen-bond acceptors (Lipinski definition) is 5. The number of nitrogens with zero attached hydrogens (tertiary/aromatic N) is 5. The minimum atomic E-state index is 0.0131. The summed E-state index contributed by atoms with van der Waals surface area (Å²) in [5.74, 6) is 0.0131. The summed E-state index contributed by atoms with van der Waals surface area (Å²) in [6.07, 6.45) is 3.26. The summed E-state index contributed by atoms with van der Waals surface area (Å²) < 4.78 is 0. The summed E-state index contributed by atoms with van der Waals surface area (Å²) in [5.41, 5.74) is 2.15. The number of aromatic nitrogens is 2. The average molecular weight is 281 g/mol. The van der Waals surface area contributed by atoms with Crippen LogP contribution in [0.3, 0.4) is 0 Å². The molecule has 106 valence electrons. The van der Waals surface area contributed by atoms with Crippen LogP contribution in [0.2, 0.25) is 0 Å². The molecule has 6 nitrogen and oxygen atoms in total. The molecule has 0 bridgehead atoms. The monoisotopic (exact) mass is 281 g/mol. The van der Waals surface area contributed by atoms with Gasteiger partial charge in [-0.25, -0.2) is 0 Å². The summed E-state index contributed by atoms with van der Waals surface area (Å²) in [5, 5.41) is 8.69. The third-order valence-electron chi connectivity index (χ3n) is 3.67. The fraction of sp³-hybridized carbons (Fsp3) is 0.333. The number of nitriles is 1. The molecule has 1 amide bonds. The number of rotatable bonds is 2. The van der Waals surface area contributed by atoms with Gasteiger partial charge in [0.05, 0.1) is 23.6 Å². The number of benzene rings is 1. The SMILES string of the molecule is N#CCN1CCN(C(=O)c2ccc3nccnc3c2)CC1. The van der Waals surface area contributed by atoms with E-state index in [0.29, 0.717) is 25.2 Å². The van der Waals surface area contributed by atoms with Crippen LogP contribution in [0.5, 0.6) is 0 Å². The summed E-state index contributed by atoms with van der Waals surface area (Å²) in [6.45, 7) is 3.21. The summed E-state index contributed by atoms with van der Waals surface area (Å²) in [7, 11) is 0. The molecule has 2 aromatic rings. The lowest BCUT2D eigenvalue weighted by atomic mass is 10.1. The maximum Gasteiger partial charge on any atom is 0.254 e. The lowest BCUT2D eigenvalue weighted by Crippen LogP contribution is -2.48. The molecule has 0 radical (unpaired) electrons. The van der Waals surface area contributed by atoms with Crippen LogP contribution in [-0.2, 0) is 0 Å². The van der Waals surface area contributed by atoms with E-state index < -0.39 is 0 Å². The molecule has 1 saturated heterocycles. The molecule has 0 unspecified atom stereocenters. The topological polar surface area (TPSA) is 73.1 Å². The first-order valence-corrected chi connectivity index (χ1v) is 6.87. The molecular weight excluding hydrogens is 266 g/mol. The van der Waals surface area contributed by atoms with Crippen LogP contribution in [0.4, 0.5) is 0 Å². The molecule has 2 heterocycles. The van der Waals surface area contributed by atoms with Crippen molar-refractivity contribution in [1.29, 1.82) is 5.26 Å². The Hall–Kier alpha value is -2.52. The van der Waals surface area contributed by atoms with Gasteiger partial charge in [-0.3, -0.25) is 19.7 Å². The predicted molar refractivity (Wildman–Crippen MR) is 77.5 cm³/mol. The molecular formula is C15H15N5O. The van der Waals surface area contributed by atoms with E-state index >= 15 is 0 Å². The van der Waals surface area contributed by atoms with Gasteiger partial charge in [0, 0.05) is 44.1 Å². The maximum atomic E-state index is 12.5. The van der Waals surface area contributed by atoms with Crippen LogP contribution in [-0.4, -0.2) is 58.4 Å². The van der Waals surface area contributed by atoms with Crippen molar-refractivity contribution in [3.63, 3.8) is 0 Å². The number of carbonyl (C=O) groups is 1. The van der Waals surface area contributed by atoms with Gasteiger partial charge < -0.3 is 4.90 Å². The van der Waals surface area contributed by atoms with Gasteiger partial charge in [0.1, 0.15) is 0 Å². The second-order valence-electron chi connectivity index (χ2n) is 4.99. The van der Waals surface area contributed by atoms with Crippen molar-refractivity contribution in [3.8, 4) is 6.07 Å². The highest BCUT2D eigenvalue weighted by molar-refractivity contribution is 5.97. The van der Waals surface area contributed by atoms with Crippen molar-refractivity contribution in [2.45, 2.75) is 0 Å². The van der Waals surface area contributed by atoms with Crippen LogP contribution < -0.4 is 0 Å². The second-order valence-corrected chi connectivity index (χ2v) is 4.99. The van der Waals surface area contributed by atoms with Crippen LogP contribution in [0.15, 0.2) is 30.6 Å². The average Bonchev–Trinajstić information content (AvgIpc) is 2.55. The van der Waals surface area contributed by atoms with Crippen molar-refractivity contribution >= 4 is 16.9 Å². The zero-order valence-corrected chi connectivity index (χ0v) is 11.6. The van der Waals surface area contributed by atoms with E-state index in [1.54, 1.807) is 24.5 Å². The molecule has 0 atom stereocenters.